The first-order valence-electron chi connectivity index (χ1n) is 11.1. The summed E-state index contributed by atoms with van der Waals surface area (Å²) in [6.07, 6.45) is 5.65. The van der Waals surface area contributed by atoms with Crippen LogP contribution in [0.1, 0.15) is 48.9 Å². The number of fused-ring (bicyclic) bond motifs is 2. The first-order chi connectivity index (χ1) is 14.6. The van der Waals surface area contributed by atoms with Crippen molar-refractivity contribution in [3.63, 3.8) is 0 Å². The number of rotatable bonds is 8. The molecular formula is C25H34NO4+. The van der Waals surface area contributed by atoms with Crippen LogP contribution in [0.3, 0.4) is 0 Å². The summed E-state index contributed by atoms with van der Waals surface area (Å²) >= 11 is 0. The highest BCUT2D eigenvalue weighted by Gasteiger charge is 2.42. The van der Waals surface area contributed by atoms with Crippen LogP contribution in [-0.4, -0.2) is 45.6 Å². The molecule has 0 radical (unpaired) electrons. The number of ether oxygens (including phenoxy) is 4. The molecule has 5 nitrogen and oxygen atoms in total. The van der Waals surface area contributed by atoms with Crippen molar-refractivity contribution in [2.45, 2.75) is 45.1 Å². The highest BCUT2D eigenvalue weighted by Crippen LogP contribution is 2.52. The lowest BCUT2D eigenvalue weighted by molar-refractivity contribution is -0.940. The molecule has 2 heterocycles. The van der Waals surface area contributed by atoms with Crippen LogP contribution in [-0.2, 0) is 12.8 Å². The molecule has 0 saturated heterocycles. The monoisotopic (exact) mass is 412 g/mol. The van der Waals surface area contributed by atoms with Crippen LogP contribution in [0.2, 0.25) is 0 Å². The lowest BCUT2D eigenvalue weighted by Crippen LogP contribution is -2.51. The topological polar surface area (TPSA) is 36.9 Å². The van der Waals surface area contributed by atoms with Crippen LogP contribution < -0.4 is 18.9 Å². The molecule has 0 bridgehead atoms. The normalized spacial score (nSPS) is 21.9. The van der Waals surface area contributed by atoms with E-state index in [0.717, 1.165) is 59.8 Å². The maximum atomic E-state index is 5.89. The molecule has 30 heavy (non-hydrogen) atoms. The average Bonchev–Trinajstić information content (AvgIpc) is 3.25. The number of quaternary nitrogens is 1. The fraction of sp³-hybridized carbons (Fsp3) is 0.520. The van der Waals surface area contributed by atoms with Crippen molar-refractivity contribution in [2.24, 2.45) is 0 Å². The molecule has 5 heteroatoms. The average molecular weight is 413 g/mol. The van der Waals surface area contributed by atoms with Gasteiger partial charge >= 0.3 is 0 Å². The van der Waals surface area contributed by atoms with Crippen LogP contribution in [0.25, 0.3) is 0 Å². The standard InChI is InChI=1S/C25H34NO4/c1-5-26(2)15-14-19-16-22-24(30-17-29-22)25(28-4)23(19)21(26)9-7-6-8-18-10-12-20(27-3)13-11-18/h10-13,16,21H,5-9,14-15,17H2,1-4H3/q+1. The van der Waals surface area contributed by atoms with Crippen LogP contribution >= 0.6 is 0 Å². The van der Waals surface area contributed by atoms with Crippen LogP contribution in [0.4, 0.5) is 0 Å². The van der Waals surface area contributed by atoms with Crippen molar-refractivity contribution in [1.29, 1.82) is 0 Å². The Labute approximate surface area is 180 Å². The van der Waals surface area contributed by atoms with Crippen molar-refractivity contribution >= 4 is 0 Å². The molecule has 2 aliphatic heterocycles. The molecule has 0 spiro atoms. The van der Waals surface area contributed by atoms with Gasteiger partial charge in [-0.3, -0.25) is 0 Å². The molecule has 2 aromatic carbocycles. The third-order valence-electron chi connectivity index (χ3n) is 7.00. The van der Waals surface area contributed by atoms with E-state index in [1.54, 1.807) is 14.2 Å². The Morgan fingerprint density at radius 1 is 1.07 bits per heavy atom. The molecule has 0 aliphatic carbocycles. The summed E-state index contributed by atoms with van der Waals surface area (Å²) in [7, 11) is 5.85. The number of benzene rings is 2. The van der Waals surface area contributed by atoms with Gasteiger partial charge in [0.25, 0.3) is 0 Å². The van der Waals surface area contributed by atoms with E-state index in [4.69, 9.17) is 18.9 Å². The van der Waals surface area contributed by atoms with Crippen LogP contribution in [0.5, 0.6) is 23.0 Å². The Morgan fingerprint density at radius 2 is 1.87 bits per heavy atom. The highest BCUT2D eigenvalue weighted by atomic mass is 16.7. The van der Waals surface area contributed by atoms with E-state index in [-0.39, 0.29) is 6.79 Å². The Bertz CT molecular complexity index is 880. The number of likely N-dealkylation sites (N-methyl/N-ethyl adjacent to an activating group) is 1. The molecule has 2 aromatic rings. The minimum Gasteiger partial charge on any atom is -0.497 e. The van der Waals surface area contributed by atoms with Gasteiger partial charge in [0.05, 0.1) is 39.9 Å². The fourth-order valence-electron chi connectivity index (χ4n) is 4.99. The van der Waals surface area contributed by atoms with Crippen molar-refractivity contribution in [2.75, 3.05) is 41.1 Å². The molecule has 2 unspecified atom stereocenters. The Balaban J connectivity index is 1.52. The second kappa shape index (κ2) is 8.76. The van der Waals surface area contributed by atoms with Crippen molar-refractivity contribution < 1.29 is 23.4 Å². The Morgan fingerprint density at radius 3 is 2.57 bits per heavy atom. The molecule has 0 amide bonds. The summed E-state index contributed by atoms with van der Waals surface area (Å²) in [4.78, 5) is 0. The largest absolute Gasteiger partial charge is 0.497 e. The Kier molecular flexibility index (Phi) is 6.09. The number of nitrogens with zero attached hydrogens (tertiary/aromatic N) is 1. The SMILES string of the molecule is CC[N+]1(C)CCc2cc3c(c(OC)c2C1CCCCc1ccc(OC)cc1)OCO3. The van der Waals surface area contributed by atoms with E-state index < -0.39 is 0 Å². The van der Waals surface area contributed by atoms with Gasteiger partial charge in [0.15, 0.2) is 11.5 Å². The summed E-state index contributed by atoms with van der Waals surface area (Å²) in [5.41, 5.74) is 4.07. The Hall–Kier alpha value is -2.40. The third-order valence-corrected chi connectivity index (χ3v) is 7.00. The van der Waals surface area contributed by atoms with Gasteiger partial charge in [-0.2, -0.15) is 0 Å². The van der Waals surface area contributed by atoms with E-state index in [9.17, 15) is 0 Å². The van der Waals surface area contributed by atoms with Gasteiger partial charge in [-0.25, -0.2) is 0 Å². The molecule has 2 aliphatic rings. The van der Waals surface area contributed by atoms with Gasteiger partial charge in [-0.1, -0.05) is 12.1 Å². The first-order valence-corrected chi connectivity index (χ1v) is 11.1. The lowest BCUT2D eigenvalue weighted by Gasteiger charge is -2.45. The van der Waals surface area contributed by atoms with Gasteiger partial charge in [0.1, 0.15) is 11.8 Å². The van der Waals surface area contributed by atoms with Crippen molar-refractivity contribution in [3.05, 3.63) is 47.0 Å². The van der Waals surface area contributed by atoms with Gasteiger partial charge in [0.2, 0.25) is 12.5 Å². The van der Waals surface area contributed by atoms with Crippen LogP contribution in [0, 0.1) is 0 Å². The number of hydrogen-bond acceptors (Lipinski definition) is 4. The molecule has 0 saturated carbocycles. The van der Waals surface area contributed by atoms with Crippen molar-refractivity contribution in [3.8, 4) is 23.0 Å². The number of methoxy groups -OCH3 is 2. The molecule has 0 fully saturated rings. The predicted octanol–water partition coefficient (Wildman–Crippen LogP) is 4.91. The minimum atomic E-state index is 0.279. The van der Waals surface area contributed by atoms with Gasteiger partial charge < -0.3 is 23.4 Å². The smallest absolute Gasteiger partial charge is 0.231 e. The van der Waals surface area contributed by atoms with Crippen LogP contribution in [0.15, 0.2) is 30.3 Å². The summed E-state index contributed by atoms with van der Waals surface area (Å²) < 4.78 is 23.6. The van der Waals surface area contributed by atoms with E-state index >= 15 is 0 Å². The first kappa shape index (κ1) is 20.9. The molecule has 0 aromatic heterocycles. The number of hydrogen-bond donors (Lipinski definition) is 0. The lowest BCUT2D eigenvalue weighted by atomic mass is 9.86. The second-order valence-electron chi connectivity index (χ2n) is 8.60. The zero-order chi connectivity index (χ0) is 21.1. The van der Waals surface area contributed by atoms with E-state index in [0.29, 0.717) is 6.04 Å². The molecular weight excluding hydrogens is 378 g/mol. The molecule has 162 valence electrons. The minimum absolute atomic E-state index is 0.279. The fourth-order valence-corrected chi connectivity index (χ4v) is 4.99. The summed E-state index contributed by atoms with van der Waals surface area (Å²) in [6.45, 7) is 4.84. The van der Waals surface area contributed by atoms with Gasteiger partial charge in [-0.15, -0.1) is 0 Å². The van der Waals surface area contributed by atoms with Crippen molar-refractivity contribution in [1.82, 2.24) is 0 Å². The predicted molar refractivity (Wildman–Crippen MR) is 118 cm³/mol. The third kappa shape index (κ3) is 3.83. The number of aryl methyl sites for hydroxylation is 1. The maximum absolute atomic E-state index is 5.89. The second-order valence-corrected chi connectivity index (χ2v) is 8.60. The molecule has 4 rings (SSSR count). The summed E-state index contributed by atoms with van der Waals surface area (Å²) in [5.74, 6) is 3.41. The van der Waals surface area contributed by atoms with E-state index in [1.165, 1.54) is 29.5 Å². The highest BCUT2D eigenvalue weighted by molar-refractivity contribution is 5.61. The zero-order valence-corrected chi connectivity index (χ0v) is 18.7. The van der Waals surface area contributed by atoms with E-state index in [2.05, 4.69) is 32.2 Å². The summed E-state index contributed by atoms with van der Waals surface area (Å²) in [6, 6.07) is 11.0. The molecule has 2 atom stereocenters. The zero-order valence-electron chi connectivity index (χ0n) is 18.7. The van der Waals surface area contributed by atoms with E-state index in [1.807, 2.05) is 12.1 Å². The maximum Gasteiger partial charge on any atom is 0.231 e. The number of unbranched alkanes of at least 4 members (excludes halogenated alkanes) is 1. The summed E-state index contributed by atoms with van der Waals surface area (Å²) in [5, 5.41) is 0. The molecule has 0 N–H and O–H groups in total. The van der Waals surface area contributed by atoms with Gasteiger partial charge in [0, 0.05) is 12.8 Å². The quantitative estimate of drug-likeness (QED) is 0.456. The van der Waals surface area contributed by atoms with Gasteiger partial charge in [-0.05, 0) is 55.5 Å².